The molecule has 1 aromatic heterocycles. The molecule has 0 N–H and O–H groups in total. The lowest BCUT2D eigenvalue weighted by molar-refractivity contribution is 0.0978. The molecule has 0 unspecified atom stereocenters. The number of hydrogen-bond acceptors (Lipinski definition) is 6. The van der Waals surface area contributed by atoms with Gasteiger partial charge in [-0.1, -0.05) is 19.1 Å². The van der Waals surface area contributed by atoms with Crippen LogP contribution in [0.4, 0.5) is 0 Å². The minimum Gasteiger partial charge on any atom is -0.493 e. The normalized spacial score (nSPS) is 10.7. The Morgan fingerprint density at radius 1 is 0.935 bits per heavy atom. The first kappa shape index (κ1) is 22.4. The molecule has 0 saturated carbocycles. The Bertz CT molecular complexity index is 995. The summed E-state index contributed by atoms with van der Waals surface area (Å²) >= 11 is 0. The minimum absolute atomic E-state index is 0.0240. The molecule has 0 aliphatic rings. The average Bonchev–Trinajstić information content (AvgIpc) is 3.27. The lowest BCUT2D eigenvalue weighted by atomic mass is 10.0. The summed E-state index contributed by atoms with van der Waals surface area (Å²) in [6.07, 6.45) is 3.30. The van der Waals surface area contributed by atoms with Crippen molar-refractivity contribution >= 4 is 5.78 Å². The predicted molar refractivity (Wildman–Crippen MR) is 119 cm³/mol. The number of para-hydroxylation sites is 1. The van der Waals surface area contributed by atoms with Crippen LogP contribution in [0.5, 0.6) is 17.2 Å². The van der Waals surface area contributed by atoms with Gasteiger partial charge in [-0.3, -0.25) is 4.79 Å². The molecule has 1 heterocycles. The van der Waals surface area contributed by atoms with Crippen LogP contribution in [-0.4, -0.2) is 30.6 Å². The van der Waals surface area contributed by atoms with Crippen LogP contribution in [0.15, 0.2) is 53.1 Å². The van der Waals surface area contributed by atoms with Gasteiger partial charge in [-0.25, -0.2) is 4.98 Å². The zero-order valence-corrected chi connectivity index (χ0v) is 18.3. The number of oxazole rings is 1. The Labute approximate surface area is 183 Å². The first-order chi connectivity index (χ1) is 15.2. The quantitative estimate of drug-likeness (QED) is 0.346. The third-order valence-corrected chi connectivity index (χ3v) is 4.60. The highest BCUT2D eigenvalue weighted by atomic mass is 16.5. The Hall–Kier alpha value is -3.28. The molecule has 0 radical (unpaired) electrons. The number of aromatic nitrogens is 1. The van der Waals surface area contributed by atoms with E-state index in [2.05, 4.69) is 4.98 Å². The van der Waals surface area contributed by atoms with E-state index in [1.165, 1.54) is 0 Å². The van der Waals surface area contributed by atoms with Crippen LogP contribution in [0.1, 0.15) is 49.7 Å². The first-order valence-corrected chi connectivity index (χ1v) is 10.8. The second-order valence-electron chi connectivity index (χ2n) is 6.94. The first-order valence-electron chi connectivity index (χ1n) is 10.8. The number of hydrogen-bond donors (Lipinski definition) is 0. The number of Topliss-reactive ketones (excluding diaryl/α,β-unsaturated/α-hetero) is 1. The fourth-order valence-corrected chi connectivity index (χ4v) is 3.15. The Kier molecular flexibility index (Phi) is 8.10. The SMILES string of the molecule is CCCOc1ccccc1C(=O)CCc1coc(-c2ccc(OCC)c(OCC)c2)n1. The average molecular weight is 424 g/mol. The van der Waals surface area contributed by atoms with Gasteiger partial charge in [0.25, 0.3) is 0 Å². The summed E-state index contributed by atoms with van der Waals surface area (Å²) in [6, 6.07) is 13.0. The zero-order valence-electron chi connectivity index (χ0n) is 18.3. The van der Waals surface area contributed by atoms with Gasteiger partial charge < -0.3 is 18.6 Å². The van der Waals surface area contributed by atoms with Crippen LogP contribution in [0.2, 0.25) is 0 Å². The summed E-state index contributed by atoms with van der Waals surface area (Å²) in [5.41, 5.74) is 2.12. The standard InChI is InChI=1S/C25H29NO5/c1-4-15-30-22-10-8-7-9-20(22)21(27)13-12-19-17-31-25(26-19)18-11-14-23(28-5-2)24(16-18)29-6-3/h7-11,14,16-17H,4-6,12-13,15H2,1-3H3. The van der Waals surface area contributed by atoms with Gasteiger partial charge in [-0.15, -0.1) is 0 Å². The van der Waals surface area contributed by atoms with Gasteiger partial charge in [0.2, 0.25) is 5.89 Å². The number of rotatable bonds is 12. The minimum atomic E-state index is 0.0240. The van der Waals surface area contributed by atoms with E-state index < -0.39 is 0 Å². The number of aryl methyl sites for hydroxylation is 1. The van der Waals surface area contributed by atoms with Gasteiger partial charge >= 0.3 is 0 Å². The second-order valence-corrected chi connectivity index (χ2v) is 6.94. The molecule has 6 heteroatoms. The van der Waals surface area contributed by atoms with Crippen molar-refractivity contribution in [1.82, 2.24) is 4.98 Å². The van der Waals surface area contributed by atoms with Gasteiger partial charge in [0.1, 0.15) is 12.0 Å². The second kappa shape index (κ2) is 11.2. The summed E-state index contributed by atoms with van der Waals surface area (Å²) in [5, 5.41) is 0. The molecule has 0 saturated heterocycles. The van der Waals surface area contributed by atoms with Crippen LogP contribution in [0, 0.1) is 0 Å². The van der Waals surface area contributed by atoms with E-state index in [0.29, 0.717) is 61.4 Å². The molecule has 3 rings (SSSR count). The van der Waals surface area contributed by atoms with E-state index in [0.717, 1.165) is 17.7 Å². The van der Waals surface area contributed by atoms with Gasteiger partial charge in [0.15, 0.2) is 17.3 Å². The molecular formula is C25H29NO5. The summed E-state index contributed by atoms with van der Waals surface area (Å²) in [7, 11) is 0. The molecule has 0 bridgehead atoms. The van der Waals surface area contributed by atoms with Crippen molar-refractivity contribution in [2.75, 3.05) is 19.8 Å². The number of ether oxygens (including phenoxy) is 3. The molecule has 0 spiro atoms. The van der Waals surface area contributed by atoms with E-state index >= 15 is 0 Å². The van der Waals surface area contributed by atoms with Crippen molar-refractivity contribution in [3.63, 3.8) is 0 Å². The van der Waals surface area contributed by atoms with Crippen molar-refractivity contribution in [1.29, 1.82) is 0 Å². The van der Waals surface area contributed by atoms with Crippen LogP contribution in [0.25, 0.3) is 11.5 Å². The molecule has 164 valence electrons. The van der Waals surface area contributed by atoms with E-state index in [9.17, 15) is 4.79 Å². The van der Waals surface area contributed by atoms with Gasteiger partial charge in [-0.2, -0.15) is 0 Å². The van der Waals surface area contributed by atoms with Crippen molar-refractivity contribution in [2.24, 2.45) is 0 Å². The topological polar surface area (TPSA) is 70.8 Å². The van der Waals surface area contributed by atoms with Crippen molar-refractivity contribution < 1.29 is 23.4 Å². The van der Waals surface area contributed by atoms with E-state index in [1.54, 1.807) is 12.3 Å². The highest BCUT2D eigenvalue weighted by molar-refractivity contribution is 5.98. The Morgan fingerprint density at radius 2 is 1.71 bits per heavy atom. The van der Waals surface area contributed by atoms with Crippen molar-refractivity contribution in [3.05, 3.63) is 60.0 Å². The predicted octanol–water partition coefficient (Wildman–Crippen LogP) is 5.74. The number of benzene rings is 2. The lowest BCUT2D eigenvalue weighted by Gasteiger charge is -2.11. The van der Waals surface area contributed by atoms with Crippen molar-refractivity contribution in [3.8, 4) is 28.7 Å². The van der Waals surface area contributed by atoms with E-state index in [1.807, 2.05) is 57.2 Å². The molecule has 0 aliphatic carbocycles. The molecule has 2 aromatic carbocycles. The summed E-state index contributed by atoms with van der Waals surface area (Å²) in [4.78, 5) is 17.3. The van der Waals surface area contributed by atoms with E-state index in [-0.39, 0.29) is 5.78 Å². The monoisotopic (exact) mass is 423 g/mol. The fourth-order valence-electron chi connectivity index (χ4n) is 3.15. The molecule has 0 atom stereocenters. The Balaban J connectivity index is 1.68. The molecule has 0 aliphatic heterocycles. The largest absolute Gasteiger partial charge is 0.493 e. The maximum absolute atomic E-state index is 12.7. The molecule has 3 aromatic rings. The summed E-state index contributed by atoms with van der Waals surface area (Å²) in [6.45, 7) is 7.57. The molecule has 31 heavy (non-hydrogen) atoms. The highest BCUT2D eigenvalue weighted by Crippen LogP contribution is 2.32. The fraction of sp³-hybridized carbons (Fsp3) is 0.360. The zero-order chi connectivity index (χ0) is 22.1. The van der Waals surface area contributed by atoms with Crippen LogP contribution in [-0.2, 0) is 6.42 Å². The smallest absolute Gasteiger partial charge is 0.226 e. The van der Waals surface area contributed by atoms with Gasteiger partial charge in [0.05, 0.1) is 31.1 Å². The van der Waals surface area contributed by atoms with Crippen LogP contribution < -0.4 is 14.2 Å². The van der Waals surface area contributed by atoms with Crippen LogP contribution >= 0.6 is 0 Å². The maximum Gasteiger partial charge on any atom is 0.226 e. The third kappa shape index (κ3) is 5.87. The van der Waals surface area contributed by atoms with Gasteiger partial charge in [-0.05, 0) is 50.6 Å². The Morgan fingerprint density at radius 3 is 2.48 bits per heavy atom. The summed E-state index contributed by atoms with van der Waals surface area (Å²) in [5.74, 6) is 2.48. The lowest BCUT2D eigenvalue weighted by Crippen LogP contribution is -2.06. The van der Waals surface area contributed by atoms with E-state index in [4.69, 9.17) is 18.6 Å². The molecule has 0 amide bonds. The van der Waals surface area contributed by atoms with Crippen LogP contribution in [0.3, 0.4) is 0 Å². The molecule has 0 fully saturated rings. The van der Waals surface area contributed by atoms with Gasteiger partial charge in [0, 0.05) is 18.4 Å². The maximum atomic E-state index is 12.7. The van der Waals surface area contributed by atoms with Crippen molar-refractivity contribution in [2.45, 2.75) is 40.0 Å². The number of ketones is 1. The number of carbonyl (C=O) groups excluding carboxylic acids is 1. The molecular weight excluding hydrogens is 394 g/mol. The number of nitrogens with zero attached hydrogens (tertiary/aromatic N) is 1. The highest BCUT2D eigenvalue weighted by Gasteiger charge is 2.15. The third-order valence-electron chi connectivity index (χ3n) is 4.60. The number of carbonyl (C=O) groups is 1. The molecule has 6 nitrogen and oxygen atoms in total. The summed E-state index contributed by atoms with van der Waals surface area (Å²) < 4.78 is 22.6.